The van der Waals surface area contributed by atoms with E-state index in [1.54, 1.807) is 0 Å². The van der Waals surface area contributed by atoms with Gasteiger partial charge in [0.1, 0.15) is 0 Å². The molecular formula is C11H22NO2+. The Kier molecular flexibility index (Phi) is 3.20. The van der Waals surface area contributed by atoms with Gasteiger partial charge in [0.25, 0.3) is 0 Å². The van der Waals surface area contributed by atoms with Gasteiger partial charge in [-0.15, -0.1) is 0 Å². The van der Waals surface area contributed by atoms with Crippen LogP contribution >= 0.6 is 0 Å². The van der Waals surface area contributed by atoms with E-state index in [4.69, 9.17) is 5.11 Å². The first-order chi connectivity index (χ1) is 6.39. The van der Waals surface area contributed by atoms with Crippen molar-refractivity contribution in [2.45, 2.75) is 46.0 Å². The largest absolute Gasteiger partial charge is 0.481 e. The third-order valence-corrected chi connectivity index (χ3v) is 3.47. The second kappa shape index (κ2) is 3.89. The quantitative estimate of drug-likeness (QED) is 0.721. The molecule has 1 aliphatic carbocycles. The number of rotatable bonds is 3. The second-order valence-electron chi connectivity index (χ2n) is 5.52. The molecule has 1 fully saturated rings. The molecule has 1 aliphatic rings. The summed E-state index contributed by atoms with van der Waals surface area (Å²) in [5, 5.41) is 8.90. The Hall–Kier alpha value is -0.570. The van der Waals surface area contributed by atoms with Crippen LogP contribution in [0.15, 0.2) is 0 Å². The molecule has 3 nitrogen and oxygen atoms in total. The molecule has 3 heteroatoms. The average molecular weight is 200 g/mol. The molecule has 0 amide bonds. The van der Waals surface area contributed by atoms with Gasteiger partial charge in [-0.1, -0.05) is 20.3 Å². The molecule has 0 radical (unpaired) electrons. The predicted octanol–water partition coefficient (Wildman–Crippen LogP) is 1.29. The third kappa shape index (κ3) is 2.71. The van der Waals surface area contributed by atoms with E-state index in [-0.39, 0.29) is 5.41 Å². The molecule has 0 aromatic rings. The van der Waals surface area contributed by atoms with Crippen molar-refractivity contribution in [3.8, 4) is 0 Å². The first-order valence-corrected chi connectivity index (χ1v) is 5.40. The number of carboxylic acids is 1. The molecule has 4 N–H and O–H groups in total. The van der Waals surface area contributed by atoms with Crippen LogP contribution in [0.4, 0.5) is 0 Å². The van der Waals surface area contributed by atoms with E-state index in [9.17, 15) is 4.79 Å². The van der Waals surface area contributed by atoms with E-state index in [1.807, 2.05) is 0 Å². The predicted molar refractivity (Wildman–Crippen MR) is 54.7 cm³/mol. The topological polar surface area (TPSA) is 64.9 Å². The van der Waals surface area contributed by atoms with Gasteiger partial charge in [0.2, 0.25) is 0 Å². The lowest BCUT2D eigenvalue weighted by molar-refractivity contribution is -0.397. The Labute approximate surface area is 85.7 Å². The minimum atomic E-state index is -0.675. The van der Waals surface area contributed by atoms with Crippen molar-refractivity contribution < 1.29 is 15.6 Å². The number of hydrogen-bond acceptors (Lipinski definition) is 1. The van der Waals surface area contributed by atoms with Gasteiger partial charge in [0, 0.05) is 5.41 Å². The maximum atomic E-state index is 10.8. The third-order valence-electron chi connectivity index (χ3n) is 3.47. The summed E-state index contributed by atoms with van der Waals surface area (Å²) in [4.78, 5) is 10.8. The number of quaternary nitrogens is 1. The van der Waals surface area contributed by atoms with Gasteiger partial charge >= 0.3 is 5.97 Å². The lowest BCUT2D eigenvalue weighted by Crippen LogP contribution is -2.60. The summed E-state index contributed by atoms with van der Waals surface area (Å²) in [7, 11) is 0. The molecule has 0 bridgehead atoms. The van der Waals surface area contributed by atoms with Crippen molar-refractivity contribution in [3.63, 3.8) is 0 Å². The molecule has 1 rings (SSSR count). The lowest BCUT2D eigenvalue weighted by atomic mass is 9.62. The van der Waals surface area contributed by atoms with Gasteiger partial charge in [0.05, 0.1) is 13.0 Å². The van der Waals surface area contributed by atoms with E-state index in [2.05, 4.69) is 19.6 Å². The van der Waals surface area contributed by atoms with Crippen LogP contribution in [-0.2, 0) is 4.79 Å². The van der Waals surface area contributed by atoms with Crippen LogP contribution in [-0.4, -0.2) is 17.6 Å². The van der Waals surface area contributed by atoms with Gasteiger partial charge in [-0.3, -0.25) is 4.79 Å². The summed E-state index contributed by atoms with van der Waals surface area (Å²) >= 11 is 0. The fraction of sp³-hybridized carbons (Fsp3) is 0.909. The second-order valence-corrected chi connectivity index (χ2v) is 5.52. The molecule has 1 saturated carbocycles. The number of hydrogen-bond donors (Lipinski definition) is 2. The van der Waals surface area contributed by atoms with Gasteiger partial charge < -0.3 is 10.8 Å². The van der Waals surface area contributed by atoms with Crippen molar-refractivity contribution in [3.05, 3.63) is 0 Å². The minimum absolute atomic E-state index is 0.0341. The van der Waals surface area contributed by atoms with Crippen molar-refractivity contribution in [1.29, 1.82) is 0 Å². The fourth-order valence-corrected chi connectivity index (χ4v) is 2.91. The van der Waals surface area contributed by atoms with Gasteiger partial charge in [-0.05, 0) is 24.7 Å². The van der Waals surface area contributed by atoms with Gasteiger partial charge in [0.15, 0.2) is 0 Å². The minimum Gasteiger partial charge on any atom is -0.481 e. The molecule has 1 atom stereocenters. The molecule has 0 aliphatic heterocycles. The van der Waals surface area contributed by atoms with Crippen LogP contribution in [0.3, 0.4) is 0 Å². The van der Waals surface area contributed by atoms with Crippen LogP contribution in [0, 0.1) is 10.8 Å². The molecule has 1 unspecified atom stereocenters. The monoisotopic (exact) mass is 200 g/mol. The summed E-state index contributed by atoms with van der Waals surface area (Å²) < 4.78 is 0. The summed E-state index contributed by atoms with van der Waals surface area (Å²) in [5.74, 6) is -0.675. The fourth-order valence-electron chi connectivity index (χ4n) is 2.91. The molecule has 0 saturated heterocycles. The molecule has 0 spiro atoms. The van der Waals surface area contributed by atoms with E-state index in [1.165, 1.54) is 6.42 Å². The zero-order valence-electron chi connectivity index (χ0n) is 9.31. The number of carbonyl (C=O) groups is 1. The average Bonchev–Trinajstić information content (AvgIpc) is 2.01. The summed E-state index contributed by atoms with van der Waals surface area (Å²) in [5.41, 5.74) is 4.20. The maximum absolute atomic E-state index is 10.8. The van der Waals surface area contributed by atoms with Crippen molar-refractivity contribution >= 4 is 5.97 Å². The van der Waals surface area contributed by atoms with E-state index in [0.29, 0.717) is 11.8 Å². The number of carboxylic acid groups (broad SMARTS) is 1. The molecular weight excluding hydrogens is 178 g/mol. The lowest BCUT2D eigenvalue weighted by Gasteiger charge is -2.42. The number of aliphatic carboxylic acids is 1. The zero-order valence-corrected chi connectivity index (χ0v) is 9.31. The highest BCUT2D eigenvalue weighted by Gasteiger charge is 2.41. The van der Waals surface area contributed by atoms with E-state index < -0.39 is 5.97 Å². The van der Waals surface area contributed by atoms with Gasteiger partial charge in [-0.25, -0.2) is 0 Å². The summed E-state index contributed by atoms with van der Waals surface area (Å²) in [6.45, 7) is 5.22. The Bertz CT molecular complexity index is 225. The maximum Gasteiger partial charge on any atom is 0.304 e. The van der Waals surface area contributed by atoms with Crippen LogP contribution in [0.1, 0.15) is 46.0 Å². The molecule has 0 aromatic carbocycles. The Balaban J connectivity index is 2.73. The highest BCUT2D eigenvalue weighted by Crippen LogP contribution is 2.47. The summed E-state index contributed by atoms with van der Waals surface area (Å²) in [6.07, 6.45) is 4.70. The van der Waals surface area contributed by atoms with Crippen molar-refractivity contribution in [2.24, 2.45) is 10.8 Å². The zero-order chi connectivity index (χ0) is 10.8. The highest BCUT2D eigenvalue weighted by atomic mass is 16.4. The van der Waals surface area contributed by atoms with Crippen LogP contribution < -0.4 is 5.73 Å². The first-order valence-electron chi connectivity index (χ1n) is 5.40. The smallest absolute Gasteiger partial charge is 0.304 e. The van der Waals surface area contributed by atoms with Crippen LogP contribution in [0.25, 0.3) is 0 Å². The van der Waals surface area contributed by atoms with Crippen LogP contribution in [0.2, 0.25) is 0 Å². The Morgan fingerprint density at radius 2 is 2.07 bits per heavy atom. The highest BCUT2D eigenvalue weighted by molar-refractivity contribution is 5.67. The van der Waals surface area contributed by atoms with Crippen molar-refractivity contribution in [2.75, 3.05) is 6.54 Å². The Morgan fingerprint density at radius 1 is 1.43 bits per heavy atom. The van der Waals surface area contributed by atoms with Gasteiger partial charge in [-0.2, -0.15) is 0 Å². The van der Waals surface area contributed by atoms with E-state index >= 15 is 0 Å². The van der Waals surface area contributed by atoms with Crippen LogP contribution in [0.5, 0.6) is 0 Å². The molecule has 0 heterocycles. The molecule has 82 valence electrons. The SMILES string of the molecule is CC1(C)CCCC(C[NH3+])(CC(=O)O)C1. The molecule has 14 heavy (non-hydrogen) atoms. The van der Waals surface area contributed by atoms with Crippen molar-refractivity contribution in [1.82, 2.24) is 0 Å². The first kappa shape index (κ1) is 11.5. The Morgan fingerprint density at radius 3 is 2.50 bits per heavy atom. The summed E-state index contributed by atoms with van der Waals surface area (Å²) in [6, 6.07) is 0. The normalized spacial score (nSPS) is 31.4. The molecule has 0 aromatic heterocycles. The standard InChI is InChI=1S/C11H21NO2/c1-10(2)4-3-5-11(7-10,8-12)6-9(13)14/h3-8,12H2,1-2H3,(H,13,14)/p+1. The van der Waals surface area contributed by atoms with E-state index in [0.717, 1.165) is 25.8 Å².